The van der Waals surface area contributed by atoms with E-state index in [0.29, 0.717) is 5.39 Å². The van der Waals surface area contributed by atoms with Gasteiger partial charge in [0.05, 0.1) is 5.39 Å². The number of hydrogen-bond donors (Lipinski definition) is 1. The van der Waals surface area contributed by atoms with Crippen LogP contribution in [0, 0.1) is 0 Å². The Morgan fingerprint density at radius 2 is 2.20 bits per heavy atom. The van der Waals surface area contributed by atoms with Crippen molar-refractivity contribution in [3.8, 4) is 0 Å². The van der Waals surface area contributed by atoms with Gasteiger partial charge in [0.15, 0.2) is 0 Å². The van der Waals surface area contributed by atoms with Crippen molar-refractivity contribution in [3.05, 3.63) is 39.3 Å². The van der Waals surface area contributed by atoms with E-state index in [4.69, 9.17) is 0 Å². The SMILES string of the molecule is O=c1[nH]c(=O)n2ccc1c2. The molecule has 0 spiro atoms. The number of aromatic amines is 1. The highest BCUT2D eigenvalue weighted by Gasteiger charge is 1.97. The van der Waals surface area contributed by atoms with Gasteiger partial charge in [0, 0.05) is 12.4 Å². The summed E-state index contributed by atoms with van der Waals surface area (Å²) in [5.74, 6) is 0. The van der Waals surface area contributed by atoms with Gasteiger partial charge in [0.1, 0.15) is 0 Å². The Morgan fingerprint density at radius 3 is 3.00 bits per heavy atom. The van der Waals surface area contributed by atoms with Crippen molar-refractivity contribution >= 4 is 5.39 Å². The summed E-state index contributed by atoms with van der Waals surface area (Å²) < 4.78 is 1.33. The maximum atomic E-state index is 10.8. The predicted octanol–water partition coefficient (Wildman–Crippen LogP) is -0.574. The second kappa shape index (κ2) is 1.47. The Morgan fingerprint density at radius 1 is 1.40 bits per heavy atom. The molecule has 4 heteroatoms. The van der Waals surface area contributed by atoms with Crippen molar-refractivity contribution in [2.75, 3.05) is 0 Å². The molecule has 0 fully saturated rings. The van der Waals surface area contributed by atoms with Gasteiger partial charge in [-0.3, -0.25) is 14.2 Å². The third kappa shape index (κ3) is 0.500. The van der Waals surface area contributed by atoms with E-state index in [-0.39, 0.29) is 11.2 Å². The number of aromatic nitrogens is 2. The smallest absolute Gasteiger partial charge is 0.276 e. The van der Waals surface area contributed by atoms with E-state index in [1.54, 1.807) is 12.3 Å². The van der Waals surface area contributed by atoms with Crippen LogP contribution in [-0.2, 0) is 0 Å². The fourth-order valence-corrected chi connectivity index (χ4v) is 0.891. The average molecular weight is 136 g/mol. The lowest BCUT2D eigenvalue weighted by molar-refractivity contribution is 0.972. The number of nitrogens with one attached hydrogen (secondary N) is 1. The molecule has 0 amide bonds. The van der Waals surface area contributed by atoms with E-state index < -0.39 is 0 Å². The Balaban J connectivity index is 3.24. The molecule has 2 rings (SSSR count). The molecular weight excluding hydrogens is 132 g/mol. The lowest BCUT2D eigenvalue weighted by Gasteiger charge is -1.82. The van der Waals surface area contributed by atoms with Gasteiger partial charge in [-0.1, -0.05) is 0 Å². The summed E-state index contributed by atoms with van der Waals surface area (Å²) in [6.45, 7) is 0. The Bertz CT molecular complexity index is 414. The minimum absolute atomic E-state index is 0.324. The van der Waals surface area contributed by atoms with Crippen LogP contribution in [0.15, 0.2) is 28.0 Å². The normalized spacial score (nSPS) is 10.8. The topological polar surface area (TPSA) is 54.3 Å². The first kappa shape index (κ1) is 5.22. The molecule has 1 N–H and O–H groups in total. The van der Waals surface area contributed by atoms with Crippen LogP contribution in [0.1, 0.15) is 0 Å². The zero-order valence-corrected chi connectivity index (χ0v) is 5.00. The van der Waals surface area contributed by atoms with Crippen molar-refractivity contribution in [3.63, 3.8) is 0 Å². The Kier molecular flexibility index (Phi) is 0.768. The molecule has 10 heavy (non-hydrogen) atoms. The van der Waals surface area contributed by atoms with Crippen molar-refractivity contribution in [1.82, 2.24) is 9.38 Å². The quantitative estimate of drug-likeness (QED) is 0.527. The molecule has 0 unspecified atom stereocenters. The summed E-state index contributed by atoms with van der Waals surface area (Å²) in [7, 11) is 0. The highest BCUT2D eigenvalue weighted by molar-refractivity contribution is 5.48. The highest BCUT2D eigenvalue weighted by atomic mass is 16.2. The molecule has 2 aromatic heterocycles. The van der Waals surface area contributed by atoms with Crippen molar-refractivity contribution in [1.29, 1.82) is 0 Å². The summed E-state index contributed by atoms with van der Waals surface area (Å²) in [4.78, 5) is 23.7. The first-order valence-corrected chi connectivity index (χ1v) is 2.81. The van der Waals surface area contributed by atoms with Crippen LogP contribution >= 0.6 is 0 Å². The molecular formula is C6H4N2O2. The molecule has 0 radical (unpaired) electrons. The highest BCUT2D eigenvalue weighted by Crippen LogP contribution is 1.91. The lowest BCUT2D eigenvalue weighted by Crippen LogP contribution is -2.22. The van der Waals surface area contributed by atoms with Gasteiger partial charge in [-0.2, -0.15) is 0 Å². The van der Waals surface area contributed by atoms with Crippen molar-refractivity contribution < 1.29 is 0 Å². The van der Waals surface area contributed by atoms with E-state index in [2.05, 4.69) is 4.98 Å². The summed E-state index contributed by atoms with van der Waals surface area (Å²) in [6, 6.07) is 1.60. The molecule has 0 aromatic carbocycles. The molecule has 50 valence electrons. The molecule has 0 aliphatic heterocycles. The average Bonchev–Trinajstić information content (AvgIpc) is 2.28. The van der Waals surface area contributed by atoms with Crippen LogP contribution < -0.4 is 11.2 Å². The maximum absolute atomic E-state index is 10.8. The lowest BCUT2D eigenvalue weighted by atomic mass is 10.4. The molecule has 0 aliphatic rings. The van der Waals surface area contributed by atoms with E-state index >= 15 is 0 Å². The van der Waals surface area contributed by atoms with Gasteiger partial charge in [-0.25, -0.2) is 4.79 Å². The molecule has 0 saturated heterocycles. The number of nitrogens with zero attached hydrogens (tertiary/aromatic N) is 1. The number of H-pyrrole nitrogens is 1. The van der Waals surface area contributed by atoms with Crippen LogP contribution in [0.3, 0.4) is 0 Å². The molecule has 0 atom stereocenters. The third-order valence-electron chi connectivity index (χ3n) is 1.41. The van der Waals surface area contributed by atoms with E-state index in [1.807, 2.05) is 0 Å². The summed E-state index contributed by atoms with van der Waals surface area (Å²) in [5.41, 5.74) is -0.711. The summed E-state index contributed by atoms with van der Waals surface area (Å²) in [6.07, 6.45) is 3.05. The number of rotatable bonds is 0. The van der Waals surface area contributed by atoms with E-state index in [0.717, 1.165) is 0 Å². The molecule has 0 aliphatic carbocycles. The predicted molar refractivity (Wildman–Crippen MR) is 35.5 cm³/mol. The maximum Gasteiger partial charge on any atom is 0.332 e. The first-order valence-electron chi connectivity index (χ1n) is 2.81. The number of fused-ring (bicyclic) bond motifs is 2. The molecule has 4 nitrogen and oxygen atoms in total. The molecule has 2 heterocycles. The minimum atomic E-state index is -0.387. The zero-order chi connectivity index (χ0) is 7.14. The van der Waals surface area contributed by atoms with Crippen LogP contribution in [0.5, 0.6) is 0 Å². The Labute approximate surface area is 55.1 Å². The fourth-order valence-electron chi connectivity index (χ4n) is 0.891. The summed E-state index contributed by atoms with van der Waals surface area (Å²) >= 11 is 0. The van der Waals surface area contributed by atoms with Crippen molar-refractivity contribution in [2.45, 2.75) is 0 Å². The second-order valence-corrected chi connectivity index (χ2v) is 2.07. The van der Waals surface area contributed by atoms with Crippen LogP contribution in [0.2, 0.25) is 0 Å². The van der Waals surface area contributed by atoms with Gasteiger partial charge in [0.2, 0.25) is 0 Å². The fraction of sp³-hybridized carbons (Fsp3) is 0. The van der Waals surface area contributed by atoms with E-state index in [1.165, 1.54) is 10.6 Å². The van der Waals surface area contributed by atoms with Gasteiger partial charge in [-0.15, -0.1) is 0 Å². The van der Waals surface area contributed by atoms with Crippen LogP contribution in [-0.4, -0.2) is 9.38 Å². The molecule has 2 bridgehead atoms. The standard InChI is InChI=1S/C6H4N2O2/c9-5-4-1-2-8(3-4)6(10)7-5/h1-3H,(H,7,9,10). The van der Waals surface area contributed by atoms with Gasteiger partial charge >= 0.3 is 5.69 Å². The summed E-state index contributed by atoms with van der Waals surface area (Å²) in [5, 5.41) is 0.527. The largest absolute Gasteiger partial charge is 0.332 e. The third-order valence-corrected chi connectivity index (χ3v) is 1.41. The molecule has 2 aromatic rings. The zero-order valence-electron chi connectivity index (χ0n) is 5.00. The first-order chi connectivity index (χ1) is 4.77. The molecule has 0 saturated carbocycles. The van der Waals surface area contributed by atoms with Crippen molar-refractivity contribution in [2.24, 2.45) is 0 Å². The Hall–Kier alpha value is -1.58. The van der Waals surface area contributed by atoms with E-state index in [9.17, 15) is 9.59 Å². The van der Waals surface area contributed by atoms with Gasteiger partial charge in [-0.05, 0) is 6.07 Å². The van der Waals surface area contributed by atoms with Gasteiger partial charge in [0.25, 0.3) is 5.56 Å². The number of hydrogen-bond acceptors (Lipinski definition) is 2. The minimum Gasteiger partial charge on any atom is -0.276 e. The van der Waals surface area contributed by atoms with Gasteiger partial charge < -0.3 is 0 Å². The van der Waals surface area contributed by atoms with Crippen LogP contribution in [0.4, 0.5) is 0 Å². The van der Waals surface area contributed by atoms with Crippen LogP contribution in [0.25, 0.3) is 5.39 Å². The monoisotopic (exact) mass is 136 g/mol. The second-order valence-electron chi connectivity index (χ2n) is 2.07.